The lowest BCUT2D eigenvalue weighted by Crippen LogP contribution is -2.29. The highest BCUT2D eigenvalue weighted by atomic mass is 32.2. The third kappa shape index (κ3) is 5.19. The SMILES string of the molecule is COc1ccc(N(Cc2cc([N+](=O)[O-])cc3c2OCOC3)S(=O)(=O)C=Cc2ccccc2)cc1. The molecule has 9 nitrogen and oxygen atoms in total. The van der Waals surface area contributed by atoms with Gasteiger partial charge in [-0.1, -0.05) is 30.3 Å². The minimum Gasteiger partial charge on any atom is -0.497 e. The Morgan fingerprint density at radius 2 is 1.85 bits per heavy atom. The van der Waals surface area contributed by atoms with Crippen LogP contribution < -0.4 is 13.8 Å². The zero-order valence-electron chi connectivity index (χ0n) is 18.3. The lowest BCUT2D eigenvalue weighted by Gasteiger charge is -2.26. The van der Waals surface area contributed by atoms with E-state index < -0.39 is 14.9 Å². The predicted octanol–water partition coefficient (Wildman–Crippen LogP) is 4.48. The molecule has 1 aliphatic rings. The van der Waals surface area contributed by atoms with Crippen molar-refractivity contribution < 1.29 is 27.6 Å². The van der Waals surface area contributed by atoms with Gasteiger partial charge in [0.1, 0.15) is 11.5 Å². The summed E-state index contributed by atoms with van der Waals surface area (Å²) < 4.78 is 44.1. The minimum absolute atomic E-state index is 0.0268. The van der Waals surface area contributed by atoms with Gasteiger partial charge < -0.3 is 14.2 Å². The molecular weight excluding hydrogens is 460 g/mol. The van der Waals surface area contributed by atoms with Crippen LogP contribution in [0.1, 0.15) is 16.7 Å². The molecule has 1 heterocycles. The van der Waals surface area contributed by atoms with Gasteiger partial charge in [-0.3, -0.25) is 14.4 Å². The van der Waals surface area contributed by atoms with Crippen LogP contribution in [0, 0.1) is 10.1 Å². The van der Waals surface area contributed by atoms with E-state index >= 15 is 0 Å². The van der Waals surface area contributed by atoms with Crippen molar-refractivity contribution in [2.24, 2.45) is 0 Å². The van der Waals surface area contributed by atoms with E-state index in [9.17, 15) is 18.5 Å². The van der Waals surface area contributed by atoms with E-state index in [0.717, 1.165) is 5.41 Å². The average Bonchev–Trinajstić information content (AvgIpc) is 2.86. The van der Waals surface area contributed by atoms with Crippen molar-refractivity contribution in [3.05, 3.63) is 98.9 Å². The summed E-state index contributed by atoms with van der Waals surface area (Å²) in [4.78, 5) is 11.0. The highest BCUT2D eigenvalue weighted by molar-refractivity contribution is 7.95. The van der Waals surface area contributed by atoms with Gasteiger partial charge in [-0.25, -0.2) is 8.42 Å². The molecule has 176 valence electrons. The first kappa shape index (κ1) is 23.3. The number of fused-ring (bicyclic) bond motifs is 1. The van der Waals surface area contributed by atoms with Crippen molar-refractivity contribution >= 4 is 27.5 Å². The van der Waals surface area contributed by atoms with Gasteiger partial charge >= 0.3 is 0 Å². The van der Waals surface area contributed by atoms with Gasteiger partial charge in [-0.15, -0.1) is 0 Å². The molecule has 0 aliphatic carbocycles. The molecular formula is C24H22N2O7S. The van der Waals surface area contributed by atoms with Gasteiger partial charge in [-0.05, 0) is 35.9 Å². The zero-order valence-corrected chi connectivity index (χ0v) is 19.1. The number of ether oxygens (including phenoxy) is 3. The first-order valence-corrected chi connectivity index (χ1v) is 11.8. The van der Waals surface area contributed by atoms with Gasteiger partial charge in [0.2, 0.25) is 0 Å². The Morgan fingerprint density at radius 1 is 1.12 bits per heavy atom. The van der Waals surface area contributed by atoms with E-state index in [-0.39, 0.29) is 25.6 Å². The van der Waals surface area contributed by atoms with Crippen LogP contribution >= 0.6 is 0 Å². The molecule has 0 spiro atoms. The number of rotatable bonds is 8. The van der Waals surface area contributed by atoms with Crippen molar-refractivity contribution in [2.45, 2.75) is 13.2 Å². The Balaban J connectivity index is 1.78. The summed E-state index contributed by atoms with van der Waals surface area (Å²) in [5.74, 6) is 0.951. The topological polar surface area (TPSA) is 108 Å². The Bertz CT molecular complexity index is 1310. The Morgan fingerprint density at radius 3 is 2.53 bits per heavy atom. The fourth-order valence-corrected chi connectivity index (χ4v) is 4.75. The molecule has 3 aromatic rings. The van der Waals surface area contributed by atoms with Gasteiger partial charge in [0.25, 0.3) is 15.7 Å². The van der Waals surface area contributed by atoms with Crippen LogP contribution in [0.4, 0.5) is 11.4 Å². The highest BCUT2D eigenvalue weighted by Gasteiger charge is 2.26. The second-order valence-electron chi connectivity index (χ2n) is 7.42. The number of anilines is 1. The molecule has 0 atom stereocenters. The Labute approximate surface area is 197 Å². The summed E-state index contributed by atoms with van der Waals surface area (Å²) in [5.41, 5.74) is 1.76. The summed E-state index contributed by atoms with van der Waals surface area (Å²) in [6.45, 7) is -0.0774. The van der Waals surface area contributed by atoms with Gasteiger partial charge in [-0.2, -0.15) is 0 Å². The smallest absolute Gasteiger partial charge is 0.270 e. The minimum atomic E-state index is -4.00. The van der Waals surface area contributed by atoms with Crippen LogP contribution in [0.25, 0.3) is 6.08 Å². The second-order valence-corrected chi connectivity index (χ2v) is 9.17. The molecule has 10 heteroatoms. The van der Waals surface area contributed by atoms with Crippen LogP contribution in [0.2, 0.25) is 0 Å². The molecule has 0 amide bonds. The van der Waals surface area contributed by atoms with E-state index in [1.807, 2.05) is 18.2 Å². The van der Waals surface area contributed by atoms with Crippen LogP contribution in [-0.2, 0) is 27.9 Å². The molecule has 4 rings (SSSR count). The summed E-state index contributed by atoms with van der Waals surface area (Å²) >= 11 is 0. The molecule has 0 saturated carbocycles. The lowest BCUT2D eigenvalue weighted by atomic mass is 10.1. The maximum atomic E-state index is 13.5. The number of non-ortho nitro benzene ring substituents is 1. The van der Waals surface area contributed by atoms with Crippen molar-refractivity contribution in [3.8, 4) is 11.5 Å². The number of sulfonamides is 1. The standard InChI is InChI=1S/C24H22N2O7S/c1-31-23-9-7-21(8-10-23)25(34(29,30)12-11-18-5-3-2-4-6-18)15-19-13-22(26(27)28)14-20-16-32-17-33-24(19)20/h2-14H,15-17H2,1H3. The van der Waals surface area contributed by atoms with Crippen molar-refractivity contribution in [2.75, 3.05) is 18.2 Å². The van der Waals surface area contributed by atoms with Crippen molar-refractivity contribution in [1.29, 1.82) is 0 Å². The van der Waals surface area contributed by atoms with E-state index in [4.69, 9.17) is 14.2 Å². The summed E-state index contributed by atoms with van der Waals surface area (Å²) in [6, 6.07) is 18.2. The molecule has 0 bridgehead atoms. The van der Waals surface area contributed by atoms with Crippen LogP contribution in [0.5, 0.6) is 11.5 Å². The number of hydrogen-bond acceptors (Lipinski definition) is 7. The average molecular weight is 483 g/mol. The quantitative estimate of drug-likeness (QED) is 0.344. The fourth-order valence-electron chi connectivity index (χ4n) is 3.54. The predicted molar refractivity (Wildman–Crippen MR) is 127 cm³/mol. The largest absolute Gasteiger partial charge is 0.497 e. The zero-order chi connectivity index (χ0) is 24.1. The lowest BCUT2D eigenvalue weighted by molar-refractivity contribution is -0.385. The van der Waals surface area contributed by atoms with Crippen LogP contribution in [0.3, 0.4) is 0 Å². The van der Waals surface area contributed by atoms with E-state index in [1.54, 1.807) is 36.4 Å². The number of nitrogens with zero attached hydrogens (tertiary/aromatic N) is 2. The molecule has 0 unspecified atom stereocenters. The maximum absolute atomic E-state index is 13.5. The Hall–Kier alpha value is -3.89. The molecule has 3 aromatic carbocycles. The third-order valence-corrected chi connectivity index (χ3v) is 6.63. The third-order valence-electron chi connectivity index (χ3n) is 5.20. The maximum Gasteiger partial charge on any atom is 0.270 e. The summed E-state index contributed by atoms with van der Waals surface area (Å²) in [5, 5.41) is 12.6. The molecule has 0 N–H and O–H groups in total. The first-order chi connectivity index (χ1) is 16.4. The van der Waals surface area contributed by atoms with Crippen molar-refractivity contribution in [3.63, 3.8) is 0 Å². The number of methoxy groups -OCH3 is 1. The fraction of sp³-hybridized carbons (Fsp3) is 0.167. The molecule has 1 aliphatic heterocycles. The normalized spacial score (nSPS) is 13.2. The molecule has 0 fully saturated rings. The molecule has 0 aromatic heterocycles. The second kappa shape index (κ2) is 9.94. The molecule has 0 saturated heterocycles. The first-order valence-electron chi connectivity index (χ1n) is 10.3. The number of nitro groups is 1. The molecule has 34 heavy (non-hydrogen) atoms. The van der Waals surface area contributed by atoms with Gasteiger partial charge in [0, 0.05) is 23.3 Å². The Kier molecular flexibility index (Phi) is 6.80. The molecule has 0 radical (unpaired) electrons. The van der Waals surface area contributed by atoms with E-state index in [0.29, 0.717) is 33.9 Å². The number of hydrogen-bond donors (Lipinski definition) is 0. The highest BCUT2D eigenvalue weighted by Crippen LogP contribution is 2.35. The van der Waals surface area contributed by atoms with Crippen molar-refractivity contribution in [1.82, 2.24) is 0 Å². The van der Waals surface area contributed by atoms with Crippen LogP contribution in [-0.4, -0.2) is 27.2 Å². The summed E-state index contributed by atoms with van der Waals surface area (Å²) in [6.07, 6.45) is 1.50. The van der Waals surface area contributed by atoms with Gasteiger partial charge in [0.15, 0.2) is 6.79 Å². The van der Waals surface area contributed by atoms with E-state index in [1.165, 1.54) is 29.6 Å². The monoisotopic (exact) mass is 482 g/mol. The number of benzene rings is 3. The summed E-state index contributed by atoms with van der Waals surface area (Å²) in [7, 11) is -2.48. The van der Waals surface area contributed by atoms with E-state index in [2.05, 4.69) is 0 Å². The van der Waals surface area contributed by atoms with Crippen LogP contribution in [0.15, 0.2) is 72.1 Å². The number of nitro benzene ring substituents is 1. The van der Waals surface area contributed by atoms with Gasteiger partial charge in [0.05, 0.1) is 36.3 Å².